The van der Waals surface area contributed by atoms with E-state index in [1.54, 1.807) is 20.8 Å². The smallest absolute Gasteiger partial charge is 0.408 e. The Balaban J connectivity index is 2.46. The number of unbranched alkanes of at least 4 members (excludes halogenated alkanes) is 5. The molecule has 0 aliphatic heterocycles. The molecule has 8 nitrogen and oxygen atoms in total. The van der Waals surface area contributed by atoms with Crippen molar-refractivity contribution in [1.29, 1.82) is 0 Å². The maximum atomic E-state index is 14.0. The summed E-state index contributed by atoms with van der Waals surface area (Å²) in [6.45, 7) is 10.9. The minimum absolute atomic E-state index is 0.291. The molecule has 0 saturated carbocycles. The number of aliphatic hydroxyl groups is 1. The molecule has 0 saturated heterocycles. The van der Waals surface area contributed by atoms with E-state index in [0.717, 1.165) is 49.7 Å². The molecule has 2 aromatic rings. The van der Waals surface area contributed by atoms with Gasteiger partial charge in [0.1, 0.15) is 17.7 Å². The van der Waals surface area contributed by atoms with Crippen molar-refractivity contribution in [2.24, 2.45) is 0 Å². The number of anilines is 1. The van der Waals surface area contributed by atoms with Crippen molar-refractivity contribution in [3.63, 3.8) is 0 Å². The van der Waals surface area contributed by atoms with Crippen LogP contribution in [0.1, 0.15) is 95.9 Å². The van der Waals surface area contributed by atoms with Crippen LogP contribution in [0.2, 0.25) is 0 Å². The Hall–Kier alpha value is -3.39. The summed E-state index contributed by atoms with van der Waals surface area (Å²) >= 11 is 0. The van der Waals surface area contributed by atoms with Crippen molar-refractivity contribution in [2.75, 3.05) is 18.5 Å². The summed E-state index contributed by atoms with van der Waals surface area (Å²) in [5.74, 6) is -0.909. The van der Waals surface area contributed by atoms with Crippen molar-refractivity contribution in [3.8, 4) is 0 Å². The van der Waals surface area contributed by atoms with Crippen LogP contribution in [-0.2, 0) is 20.7 Å². The maximum absolute atomic E-state index is 14.0. The van der Waals surface area contributed by atoms with Crippen molar-refractivity contribution in [2.45, 2.75) is 104 Å². The van der Waals surface area contributed by atoms with Gasteiger partial charge in [-0.25, -0.2) is 4.79 Å². The molecule has 3 amide bonds. The summed E-state index contributed by atoms with van der Waals surface area (Å²) in [5, 5.41) is 15.7. The maximum Gasteiger partial charge on any atom is 0.408 e. The molecule has 2 rings (SSSR count). The summed E-state index contributed by atoms with van der Waals surface area (Å²) < 4.78 is 5.34. The summed E-state index contributed by atoms with van der Waals surface area (Å²) in [4.78, 5) is 42.0. The molecule has 0 aromatic heterocycles. The first-order chi connectivity index (χ1) is 19.5. The summed E-state index contributed by atoms with van der Waals surface area (Å²) in [6, 6.07) is 12.9. The molecule has 41 heavy (non-hydrogen) atoms. The highest BCUT2D eigenvalue weighted by atomic mass is 16.6. The molecule has 3 N–H and O–H groups in total. The van der Waals surface area contributed by atoms with Gasteiger partial charge in [0, 0.05) is 12.2 Å². The number of alkyl carbamates (subject to hydrolysis) is 1. The standard InChI is InChI=1S/C33H49N3O5/c1-7-9-10-11-12-15-22-36(31(39)28(23-37)35-32(40)41-33(4,5)6)29(26-20-18-25(8-2)19-21-26)30(38)34-27-17-14-13-16-24(27)3/h13-14,16-21,28-29,37H,7-12,15,22-23H2,1-6H3,(H,34,38)(H,35,40). The number of aliphatic hydroxyl groups excluding tert-OH is 1. The summed E-state index contributed by atoms with van der Waals surface area (Å²) in [7, 11) is 0. The van der Waals surface area contributed by atoms with Gasteiger partial charge < -0.3 is 25.4 Å². The van der Waals surface area contributed by atoms with Crippen LogP contribution in [0, 0.1) is 6.92 Å². The first-order valence-electron chi connectivity index (χ1n) is 14.9. The topological polar surface area (TPSA) is 108 Å². The number of hydrogen-bond donors (Lipinski definition) is 3. The van der Waals surface area contributed by atoms with E-state index in [0.29, 0.717) is 24.2 Å². The normalized spacial score (nSPS) is 12.8. The first kappa shape index (κ1) is 33.8. The van der Waals surface area contributed by atoms with Gasteiger partial charge in [0.25, 0.3) is 5.91 Å². The van der Waals surface area contributed by atoms with E-state index >= 15 is 0 Å². The van der Waals surface area contributed by atoms with Gasteiger partial charge in [0.2, 0.25) is 5.91 Å². The molecule has 2 aromatic carbocycles. The van der Waals surface area contributed by atoms with E-state index in [-0.39, 0.29) is 5.91 Å². The number of para-hydroxylation sites is 1. The molecular weight excluding hydrogens is 518 g/mol. The third-order valence-corrected chi connectivity index (χ3v) is 6.87. The van der Waals surface area contributed by atoms with Crippen LogP contribution in [0.4, 0.5) is 10.5 Å². The zero-order chi connectivity index (χ0) is 30.4. The fourth-order valence-corrected chi connectivity index (χ4v) is 4.59. The van der Waals surface area contributed by atoms with Crippen LogP contribution in [0.15, 0.2) is 48.5 Å². The third-order valence-electron chi connectivity index (χ3n) is 6.87. The molecule has 0 bridgehead atoms. The predicted molar refractivity (Wildman–Crippen MR) is 164 cm³/mol. The van der Waals surface area contributed by atoms with Crippen LogP contribution < -0.4 is 10.6 Å². The number of ether oxygens (including phenoxy) is 1. The Kier molecular flexibility index (Phi) is 13.8. The highest BCUT2D eigenvalue weighted by Crippen LogP contribution is 2.27. The molecule has 0 heterocycles. The molecule has 2 atom stereocenters. The van der Waals surface area contributed by atoms with Crippen LogP contribution in [-0.4, -0.2) is 52.7 Å². The SMILES string of the molecule is CCCCCCCCN(C(=O)C(CO)NC(=O)OC(C)(C)C)C(C(=O)Nc1ccccc1C)c1ccc(CC)cc1. The molecule has 8 heteroatoms. The number of amides is 3. The monoisotopic (exact) mass is 567 g/mol. The van der Waals surface area contributed by atoms with Crippen LogP contribution in [0.25, 0.3) is 0 Å². The predicted octanol–water partition coefficient (Wildman–Crippen LogP) is 6.31. The lowest BCUT2D eigenvalue weighted by molar-refractivity contribution is -0.141. The van der Waals surface area contributed by atoms with Gasteiger partial charge in [-0.1, -0.05) is 88.4 Å². The van der Waals surface area contributed by atoms with Gasteiger partial charge in [0.05, 0.1) is 6.61 Å². The lowest BCUT2D eigenvalue weighted by Gasteiger charge is -2.34. The average molecular weight is 568 g/mol. The summed E-state index contributed by atoms with van der Waals surface area (Å²) in [5.41, 5.74) is 2.55. The summed E-state index contributed by atoms with van der Waals surface area (Å²) in [6.07, 6.45) is 6.04. The zero-order valence-corrected chi connectivity index (χ0v) is 25.7. The Morgan fingerprint density at radius 1 is 0.927 bits per heavy atom. The molecule has 226 valence electrons. The van der Waals surface area contributed by atoms with Crippen molar-refractivity contribution in [3.05, 3.63) is 65.2 Å². The fraction of sp³-hybridized carbons (Fsp3) is 0.545. The van der Waals surface area contributed by atoms with Gasteiger partial charge in [-0.3, -0.25) is 9.59 Å². The number of carbonyl (C=O) groups is 3. The number of carbonyl (C=O) groups excluding carboxylic acids is 3. The van der Waals surface area contributed by atoms with E-state index in [9.17, 15) is 19.5 Å². The fourth-order valence-electron chi connectivity index (χ4n) is 4.59. The lowest BCUT2D eigenvalue weighted by atomic mass is 9.99. The number of rotatable bonds is 15. The minimum Gasteiger partial charge on any atom is -0.444 e. The molecule has 2 unspecified atom stereocenters. The highest BCUT2D eigenvalue weighted by molar-refractivity contribution is 5.99. The molecule has 0 fully saturated rings. The van der Waals surface area contributed by atoms with Crippen LogP contribution in [0.3, 0.4) is 0 Å². The molecule has 0 aliphatic rings. The van der Waals surface area contributed by atoms with Crippen molar-refractivity contribution in [1.82, 2.24) is 10.2 Å². The molecule has 0 radical (unpaired) electrons. The van der Waals surface area contributed by atoms with Gasteiger partial charge >= 0.3 is 6.09 Å². The second-order valence-electron chi connectivity index (χ2n) is 11.5. The lowest BCUT2D eigenvalue weighted by Crippen LogP contribution is -2.54. The average Bonchev–Trinajstić information content (AvgIpc) is 2.93. The van der Waals surface area contributed by atoms with Crippen LogP contribution >= 0.6 is 0 Å². The number of aryl methyl sites for hydroxylation is 2. The number of hydrogen-bond acceptors (Lipinski definition) is 5. The molecule has 0 aliphatic carbocycles. The van der Waals surface area contributed by atoms with Gasteiger partial charge in [-0.05, 0) is 63.3 Å². The van der Waals surface area contributed by atoms with Crippen molar-refractivity contribution < 1.29 is 24.2 Å². The Bertz CT molecular complexity index is 1110. The van der Waals surface area contributed by atoms with Gasteiger partial charge in [-0.2, -0.15) is 0 Å². The largest absolute Gasteiger partial charge is 0.444 e. The number of benzene rings is 2. The van der Waals surface area contributed by atoms with Crippen molar-refractivity contribution >= 4 is 23.6 Å². The van der Waals surface area contributed by atoms with Gasteiger partial charge in [0.15, 0.2) is 0 Å². The molecule has 0 spiro atoms. The van der Waals surface area contributed by atoms with E-state index in [1.165, 1.54) is 4.90 Å². The van der Waals surface area contributed by atoms with Crippen LogP contribution in [0.5, 0.6) is 0 Å². The Morgan fingerprint density at radius 2 is 1.56 bits per heavy atom. The Morgan fingerprint density at radius 3 is 2.15 bits per heavy atom. The second-order valence-corrected chi connectivity index (χ2v) is 11.5. The number of nitrogens with one attached hydrogen (secondary N) is 2. The van der Waals surface area contributed by atoms with E-state index < -0.39 is 36.3 Å². The Labute approximate surface area is 245 Å². The van der Waals surface area contributed by atoms with E-state index in [2.05, 4.69) is 24.5 Å². The van der Waals surface area contributed by atoms with E-state index in [1.807, 2.05) is 55.5 Å². The molecular formula is C33H49N3O5. The third kappa shape index (κ3) is 11.2. The first-order valence-corrected chi connectivity index (χ1v) is 14.9. The zero-order valence-electron chi connectivity index (χ0n) is 25.7. The van der Waals surface area contributed by atoms with Gasteiger partial charge in [-0.15, -0.1) is 0 Å². The quantitative estimate of drug-likeness (QED) is 0.219. The van der Waals surface area contributed by atoms with E-state index in [4.69, 9.17) is 4.74 Å². The minimum atomic E-state index is -1.27. The number of nitrogens with zero attached hydrogens (tertiary/aromatic N) is 1. The highest BCUT2D eigenvalue weighted by Gasteiger charge is 2.36. The second kappa shape index (κ2) is 16.8.